The van der Waals surface area contributed by atoms with Gasteiger partial charge in [0.25, 0.3) is 0 Å². The van der Waals surface area contributed by atoms with Crippen molar-refractivity contribution in [3.05, 3.63) is 71.3 Å². The molecule has 22 heavy (non-hydrogen) atoms. The van der Waals surface area contributed by atoms with Crippen LogP contribution in [0.15, 0.2) is 54.6 Å². The molecule has 2 saturated heterocycles. The number of piperidine rings is 1. The Balaban J connectivity index is 1.77. The molecule has 2 heterocycles. The highest BCUT2D eigenvalue weighted by molar-refractivity contribution is 5.34. The van der Waals surface area contributed by atoms with Gasteiger partial charge in [0.2, 0.25) is 0 Å². The molecule has 2 bridgehead atoms. The molecule has 2 aliphatic heterocycles. The van der Waals surface area contributed by atoms with E-state index in [1.165, 1.54) is 36.0 Å². The quantitative estimate of drug-likeness (QED) is 0.773. The van der Waals surface area contributed by atoms with E-state index < -0.39 is 0 Å². The van der Waals surface area contributed by atoms with Crippen LogP contribution in [-0.4, -0.2) is 24.0 Å². The van der Waals surface area contributed by atoms with E-state index >= 15 is 0 Å². The van der Waals surface area contributed by atoms with Crippen molar-refractivity contribution in [3.63, 3.8) is 0 Å². The van der Waals surface area contributed by atoms with Crippen LogP contribution in [0, 0.1) is 6.92 Å². The Labute approximate surface area is 134 Å². The Morgan fingerprint density at radius 3 is 2.32 bits per heavy atom. The Hall–Kier alpha value is -1.60. The van der Waals surface area contributed by atoms with Gasteiger partial charge in [-0.25, -0.2) is 0 Å². The number of aryl methyl sites for hydroxylation is 1. The predicted octanol–water partition coefficient (Wildman–Crippen LogP) is 4.73. The van der Waals surface area contributed by atoms with Gasteiger partial charge in [0, 0.05) is 18.0 Å². The monoisotopic (exact) mass is 291 g/mol. The number of nitrogens with zero attached hydrogens (tertiary/aromatic N) is 1. The molecule has 0 radical (unpaired) electrons. The molecule has 0 spiro atoms. The van der Waals surface area contributed by atoms with E-state index in [-0.39, 0.29) is 0 Å². The van der Waals surface area contributed by atoms with Crippen LogP contribution in [0.2, 0.25) is 0 Å². The second kappa shape index (κ2) is 5.55. The molecule has 2 unspecified atom stereocenters. The lowest BCUT2D eigenvalue weighted by Crippen LogP contribution is -2.44. The average molecular weight is 291 g/mol. The zero-order chi connectivity index (χ0) is 15.1. The molecule has 4 atom stereocenters. The standard InChI is InChI=1S/C21H25N/c1-15-8-10-17(11-9-15)21-19(16-6-4-3-5-7-16)14-18-12-13-20(21)22(18)2/h3-11,18-21H,12-14H2,1-2H3/t18?,19-,20?,21+/m1/s1. The zero-order valence-electron chi connectivity index (χ0n) is 13.6. The summed E-state index contributed by atoms with van der Waals surface area (Å²) >= 11 is 0. The molecule has 0 aliphatic carbocycles. The lowest BCUT2D eigenvalue weighted by Gasteiger charge is -2.43. The van der Waals surface area contributed by atoms with Crippen LogP contribution in [0.3, 0.4) is 0 Å². The lowest BCUT2D eigenvalue weighted by atomic mass is 9.73. The summed E-state index contributed by atoms with van der Waals surface area (Å²) in [6, 6.07) is 21.9. The molecule has 1 nitrogen and oxygen atoms in total. The van der Waals surface area contributed by atoms with Crippen molar-refractivity contribution in [2.24, 2.45) is 0 Å². The first-order valence-corrected chi connectivity index (χ1v) is 8.57. The lowest BCUT2D eigenvalue weighted by molar-refractivity contribution is 0.137. The molecule has 2 fully saturated rings. The molecule has 0 N–H and O–H groups in total. The van der Waals surface area contributed by atoms with Crippen molar-refractivity contribution in [2.45, 2.75) is 50.1 Å². The highest BCUT2D eigenvalue weighted by atomic mass is 15.2. The molecule has 114 valence electrons. The topological polar surface area (TPSA) is 3.24 Å². The fraction of sp³-hybridized carbons (Fsp3) is 0.429. The van der Waals surface area contributed by atoms with Crippen LogP contribution in [0.25, 0.3) is 0 Å². The minimum Gasteiger partial charge on any atom is -0.300 e. The van der Waals surface area contributed by atoms with Gasteiger partial charge in [-0.3, -0.25) is 4.90 Å². The third-order valence-electron chi connectivity index (χ3n) is 5.96. The van der Waals surface area contributed by atoms with Crippen molar-refractivity contribution in [2.75, 3.05) is 7.05 Å². The molecular weight excluding hydrogens is 266 g/mol. The summed E-state index contributed by atoms with van der Waals surface area (Å²) in [5.41, 5.74) is 4.41. The van der Waals surface area contributed by atoms with E-state index in [1.807, 2.05) is 0 Å². The number of benzene rings is 2. The molecule has 1 heteroatoms. The number of fused-ring (bicyclic) bond motifs is 2. The maximum atomic E-state index is 2.66. The van der Waals surface area contributed by atoms with E-state index in [9.17, 15) is 0 Å². The first-order chi connectivity index (χ1) is 10.7. The third-order valence-corrected chi connectivity index (χ3v) is 5.96. The van der Waals surface area contributed by atoms with Crippen LogP contribution in [0.1, 0.15) is 47.8 Å². The van der Waals surface area contributed by atoms with Gasteiger partial charge in [-0.05, 0) is 50.3 Å². The molecule has 0 amide bonds. The Morgan fingerprint density at radius 2 is 1.59 bits per heavy atom. The number of likely N-dealkylation sites (N-methyl/N-ethyl adjacent to an activating group) is 1. The predicted molar refractivity (Wildman–Crippen MR) is 92.3 cm³/mol. The Kier molecular flexibility index (Phi) is 3.54. The van der Waals surface area contributed by atoms with Crippen molar-refractivity contribution in [1.82, 2.24) is 4.90 Å². The average Bonchev–Trinajstić information content (AvgIpc) is 2.79. The van der Waals surface area contributed by atoms with Crippen LogP contribution in [0.4, 0.5) is 0 Å². The maximum absolute atomic E-state index is 2.66. The van der Waals surface area contributed by atoms with Gasteiger partial charge in [-0.2, -0.15) is 0 Å². The summed E-state index contributed by atoms with van der Waals surface area (Å²) in [4.78, 5) is 2.66. The summed E-state index contributed by atoms with van der Waals surface area (Å²) in [7, 11) is 2.34. The van der Waals surface area contributed by atoms with E-state index in [1.54, 1.807) is 0 Å². The van der Waals surface area contributed by atoms with Gasteiger partial charge in [0.05, 0.1) is 0 Å². The van der Waals surface area contributed by atoms with Gasteiger partial charge in [0.1, 0.15) is 0 Å². The van der Waals surface area contributed by atoms with E-state index in [4.69, 9.17) is 0 Å². The first kappa shape index (κ1) is 14.0. The largest absolute Gasteiger partial charge is 0.300 e. The number of rotatable bonds is 2. The van der Waals surface area contributed by atoms with Crippen molar-refractivity contribution in [1.29, 1.82) is 0 Å². The van der Waals surface area contributed by atoms with Gasteiger partial charge in [-0.15, -0.1) is 0 Å². The normalized spacial score (nSPS) is 31.4. The second-order valence-corrected chi connectivity index (χ2v) is 7.15. The van der Waals surface area contributed by atoms with Crippen LogP contribution in [-0.2, 0) is 0 Å². The first-order valence-electron chi connectivity index (χ1n) is 8.57. The van der Waals surface area contributed by atoms with Crippen LogP contribution >= 0.6 is 0 Å². The van der Waals surface area contributed by atoms with Gasteiger partial charge in [0.15, 0.2) is 0 Å². The van der Waals surface area contributed by atoms with E-state index in [2.05, 4.69) is 73.5 Å². The summed E-state index contributed by atoms with van der Waals surface area (Å²) in [6.45, 7) is 2.18. The molecule has 2 aromatic rings. The minimum absolute atomic E-state index is 0.631. The zero-order valence-corrected chi connectivity index (χ0v) is 13.6. The minimum atomic E-state index is 0.631. The summed E-state index contributed by atoms with van der Waals surface area (Å²) in [5, 5.41) is 0. The molecule has 0 saturated carbocycles. The van der Waals surface area contributed by atoms with Gasteiger partial charge >= 0.3 is 0 Å². The summed E-state index contributed by atoms with van der Waals surface area (Å²) in [5.74, 6) is 1.30. The maximum Gasteiger partial charge on any atom is 0.0170 e. The van der Waals surface area contributed by atoms with E-state index in [0.717, 1.165) is 6.04 Å². The third kappa shape index (κ3) is 2.28. The summed E-state index contributed by atoms with van der Waals surface area (Å²) < 4.78 is 0. The van der Waals surface area contributed by atoms with Crippen molar-refractivity contribution >= 4 is 0 Å². The fourth-order valence-electron chi connectivity index (χ4n) is 4.75. The number of hydrogen-bond donors (Lipinski definition) is 0. The van der Waals surface area contributed by atoms with Gasteiger partial charge in [-0.1, -0.05) is 60.2 Å². The van der Waals surface area contributed by atoms with Gasteiger partial charge < -0.3 is 0 Å². The SMILES string of the molecule is Cc1ccc([C@@H]2C3CCC(C[C@@H]2c2ccccc2)N3C)cc1. The fourth-order valence-corrected chi connectivity index (χ4v) is 4.75. The number of hydrogen-bond acceptors (Lipinski definition) is 1. The molecule has 2 aromatic carbocycles. The Bertz CT molecular complexity index is 631. The Morgan fingerprint density at radius 1 is 0.864 bits per heavy atom. The molecule has 0 aromatic heterocycles. The van der Waals surface area contributed by atoms with Crippen LogP contribution < -0.4 is 0 Å². The molecule has 4 rings (SSSR count). The molecular formula is C21H25N. The summed E-state index contributed by atoms with van der Waals surface area (Å²) in [6.07, 6.45) is 4.02. The van der Waals surface area contributed by atoms with E-state index in [0.29, 0.717) is 17.9 Å². The van der Waals surface area contributed by atoms with Crippen molar-refractivity contribution < 1.29 is 0 Å². The van der Waals surface area contributed by atoms with Crippen LogP contribution in [0.5, 0.6) is 0 Å². The highest BCUT2D eigenvalue weighted by Gasteiger charge is 2.46. The molecule has 2 aliphatic rings. The smallest absolute Gasteiger partial charge is 0.0170 e. The second-order valence-electron chi connectivity index (χ2n) is 7.15. The highest BCUT2D eigenvalue weighted by Crippen LogP contribution is 2.50. The van der Waals surface area contributed by atoms with Crippen molar-refractivity contribution in [3.8, 4) is 0 Å².